The van der Waals surface area contributed by atoms with Crippen LogP contribution in [0.1, 0.15) is 19.4 Å². The van der Waals surface area contributed by atoms with Crippen LogP contribution in [0.2, 0.25) is 0 Å². The molecule has 0 radical (unpaired) electrons. The number of halogens is 1. The van der Waals surface area contributed by atoms with Crippen LogP contribution < -0.4 is 0 Å². The Kier molecular flexibility index (Phi) is 3.93. The first kappa shape index (κ1) is 13.0. The molecule has 0 spiro atoms. The molecule has 0 amide bonds. The molecule has 1 aromatic carbocycles. The Balaban J connectivity index is 3.02. The van der Waals surface area contributed by atoms with Crippen molar-refractivity contribution in [3.8, 4) is 5.75 Å². The normalized spacial score (nSPS) is 11.2. The second kappa shape index (κ2) is 4.84. The molecule has 0 saturated heterocycles. The number of benzene rings is 1. The first-order chi connectivity index (χ1) is 7.36. The minimum absolute atomic E-state index is 0.0325. The van der Waals surface area contributed by atoms with Crippen molar-refractivity contribution >= 4 is 21.9 Å². The zero-order chi connectivity index (χ0) is 12.3. The number of aromatic hydroxyl groups is 1. The Hall–Kier alpha value is -1.07. The monoisotopic (exact) mass is 288 g/mol. The first-order valence-electron chi connectivity index (χ1n) is 4.68. The molecule has 0 heterocycles. The summed E-state index contributed by atoms with van der Waals surface area (Å²) in [5.41, 5.74) is -0.498. The fraction of sp³-hybridized carbons (Fsp3) is 0.364. The lowest BCUT2D eigenvalue weighted by Crippen LogP contribution is -2.27. The number of hydrogen-bond acceptors (Lipinski definition) is 4. The van der Waals surface area contributed by atoms with Gasteiger partial charge in [-0.2, -0.15) is 0 Å². The third-order valence-corrected chi connectivity index (χ3v) is 2.60. The standard InChI is InChI=1S/C11H13BrO4/c1-11(2,16-10(15)6-13)8-4-3-7(12)5-9(8)14/h3-5,13-14H,6H2,1-2H3. The van der Waals surface area contributed by atoms with Crippen molar-refractivity contribution in [2.45, 2.75) is 19.4 Å². The number of aliphatic hydroxyl groups is 1. The summed E-state index contributed by atoms with van der Waals surface area (Å²) >= 11 is 3.22. The van der Waals surface area contributed by atoms with Gasteiger partial charge in [0.1, 0.15) is 18.0 Å². The van der Waals surface area contributed by atoms with Crippen LogP contribution in [-0.4, -0.2) is 22.8 Å². The van der Waals surface area contributed by atoms with Crippen LogP contribution in [0.4, 0.5) is 0 Å². The van der Waals surface area contributed by atoms with E-state index >= 15 is 0 Å². The Labute approximate surface area is 102 Å². The molecular weight excluding hydrogens is 276 g/mol. The van der Waals surface area contributed by atoms with Gasteiger partial charge >= 0.3 is 5.97 Å². The summed E-state index contributed by atoms with van der Waals surface area (Å²) in [5.74, 6) is -0.697. The molecule has 0 saturated carbocycles. The highest BCUT2D eigenvalue weighted by atomic mass is 79.9. The smallest absolute Gasteiger partial charge is 0.332 e. The van der Waals surface area contributed by atoms with E-state index in [4.69, 9.17) is 9.84 Å². The van der Waals surface area contributed by atoms with Crippen molar-refractivity contribution in [3.05, 3.63) is 28.2 Å². The minimum Gasteiger partial charge on any atom is -0.507 e. The maximum absolute atomic E-state index is 11.0. The zero-order valence-electron chi connectivity index (χ0n) is 9.03. The number of ether oxygens (including phenoxy) is 1. The molecule has 0 unspecified atom stereocenters. The summed E-state index contributed by atoms with van der Waals surface area (Å²) in [6, 6.07) is 4.91. The van der Waals surface area contributed by atoms with Crippen LogP contribution in [0.5, 0.6) is 5.75 Å². The summed E-state index contributed by atoms with van der Waals surface area (Å²) in [5, 5.41) is 18.3. The molecular formula is C11H13BrO4. The molecule has 0 aliphatic rings. The first-order valence-corrected chi connectivity index (χ1v) is 5.48. The average Bonchev–Trinajstić information content (AvgIpc) is 2.16. The zero-order valence-corrected chi connectivity index (χ0v) is 10.6. The van der Waals surface area contributed by atoms with Gasteiger partial charge in [0.2, 0.25) is 0 Å². The maximum atomic E-state index is 11.0. The predicted molar refractivity (Wildman–Crippen MR) is 62.0 cm³/mol. The fourth-order valence-electron chi connectivity index (χ4n) is 1.39. The van der Waals surface area contributed by atoms with E-state index < -0.39 is 18.2 Å². The second-order valence-electron chi connectivity index (χ2n) is 3.80. The number of hydrogen-bond donors (Lipinski definition) is 2. The average molecular weight is 289 g/mol. The number of esters is 1. The largest absolute Gasteiger partial charge is 0.507 e. The number of rotatable bonds is 3. The molecule has 1 aromatic rings. The summed E-state index contributed by atoms with van der Waals surface area (Å²) < 4.78 is 5.76. The van der Waals surface area contributed by atoms with Crippen LogP contribution in [-0.2, 0) is 15.1 Å². The number of carbonyl (C=O) groups is 1. The summed E-state index contributed by atoms with van der Waals surface area (Å²) in [6.45, 7) is 2.60. The molecule has 0 aliphatic heterocycles. The molecule has 2 N–H and O–H groups in total. The summed E-state index contributed by atoms with van der Waals surface area (Å²) in [4.78, 5) is 11.0. The predicted octanol–water partition coefficient (Wildman–Crippen LogP) is 1.93. The van der Waals surface area contributed by atoms with Gasteiger partial charge in [0.15, 0.2) is 0 Å². The second-order valence-corrected chi connectivity index (χ2v) is 4.72. The quantitative estimate of drug-likeness (QED) is 0.834. The van der Waals surface area contributed by atoms with Crippen molar-refractivity contribution in [1.82, 2.24) is 0 Å². The van der Waals surface area contributed by atoms with Gasteiger partial charge in [0.25, 0.3) is 0 Å². The highest BCUT2D eigenvalue weighted by molar-refractivity contribution is 9.10. The van der Waals surface area contributed by atoms with Crippen molar-refractivity contribution in [3.63, 3.8) is 0 Å². The lowest BCUT2D eigenvalue weighted by Gasteiger charge is -2.26. The van der Waals surface area contributed by atoms with Crippen LogP contribution in [0, 0.1) is 0 Å². The van der Waals surface area contributed by atoms with E-state index in [0.717, 1.165) is 4.47 Å². The molecule has 0 bridgehead atoms. The molecule has 0 aliphatic carbocycles. The lowest BCUT2D eigenvalue weighted by molar-refractivity contribution is -0.160. The molecule has 0 fully saturated rings. The third-order valence-electron chi connectivity index (χ3n) is 2.11. The van der Waals surface area contributed by atoms with Gasteiger partial charge in [-0.15, -0.1) is 0 Å². The third kappa shape index (κ3) is 2.96. The van der Waals surface area contributed by atoms with Crippen LogP contribution in [0.25, 0.3) is 0 Å². The number of phenols is 1. The van der Waals surface area contributed by atoms with E-state index in [1.807, 2.05) is 0 Å². The fourth-order valence-corrected chi connectivity index (χ4v) is 1.73. The van der Waals surface area contributed by atoms with Gasteiger partial charge in [-0.3, -0.25) is 0 Å². The molecule has 88 valence electrons. The number of carbonyl (C=O) groups excluding carboxylic acids is 1. The van der Waals surface area contributed by atoms with Crippen molar-refractivity contribution in [2.75, 3.05) is 6.61 Å². The van der Waals surface area contributed by atoms with Gasteiger partial charge < -0.3 is 14.9 Å². The number of aliphatic hydroxyl groups excluding tert-OH is 1. The van der Waals surface area contributed by atoms with E-state index in [-0.39, 0.29) is 5.75 Å². The van der Waals surface area contributed by atoms with E-state index in [9.17, 15) is 9.90 Å². The summed E-state index contributed by atoms with van der Waals surface area (Å²) in [7, 11) is 0. The SMILES string of the molecule is CC(C)(OC(=O)CO)c1ccc(Br)cc1O. The van der Waals surface area contributed by atoms with Crippen molar-refractivity contribution in [2.24, 2.45) is 0 Å². The van der Waals surface area contributed by atoms with E-state index in [1.54, 1.807) is 26.0 Å². The Morgan fingerprint density at radius 1 is 1.50 bits per heavy atom. The lowest BCUT2D eigenvalue weighted by atomic mass is 9.97. The van der Waals surface area contributed by atoms with Gasteiger partial charge in [-0.05, 0) is 26.0 Å². The highest BCUT2D eigenvalue weighted by Gasteiger charge is 2.27. The van der Waals surface area contributed by atoms with Gasteiger partial charge in [-0.1, -0.05) is 22.0 Å². The van der Waals surface area contributed by atoms with E-state index in [2.05, 4.69) is 15.9 Å². The van der Waals surface area contributed by atoms with Crippen molar-refractivity contribution in [1.29, 1.82) is 0 Å². The Morgan fingerprint density at radius 3 is 2.62 bits per heavy atom. The van der Waals surface area contributed by atoms with Crippen LogP contribution >= 0.6 is 15.9 Å². The Morgan fingerprint density at radius 2 is 2.12 bits per heavy atom. The van der Waals surface area contributed by atoms with Crippen LogP contribution in [0.3, 0.4) is 0 Å². The molecule has 0 aromatic heterocycles. The highest BCUT2D eigenvalue weighted by Crippen LogP contribution is 2.33. The molecule has 16 heavy (non-hydrogen) atoms. The molecule has 0 atom stereocenters. The number of phenolic OH excluding ortho intramolecular Hbond substituents is 1. The van der Waals surface area contributed by atoms with E-state index in [0.29, 0.717) is 5.56 Å². The molecule has 1 rings (SSSR count). The van der Waals surface area contributed by atoms with E-state index in [1.165, 1.54) is 6.07 Å². The van der Waals surface area contributed by atoms with Gasteiger partial charge in [0, 0.05) is 10.0 Å². The van der Waals surface area contributed by atoms with Crippen LogP contribution in [0.15, 0.2) is 22.7 Å². The molecule has 5 heteroatoms. The summed E-state index contributed by atoms with van der Waals surface area (Å²) in [6.07, 6.45) is 0. The van der Waals surface area contributed by atoms with Crippen molar-refractivity contribution < 1.29 is 19.7 Å². The Bertz CT molecular complexity index is 401. The van der Waals surface area contributed by atoms with Gasteiger partial charge in [-0.25, -0.2) is 4.79 Å². The van der Waals surface area contributed by atoms with Gasteiger partial charge in [0.05, 0.1) is 0 Å². The topological polar surface area (TPSA) is 66.8 Å². The minimum atomic E-state index is -0.982. The molecule has 4 nitrogen and oxygen atoms in total. The maximum Gasteiger partial charge on any atom is 0.332 e.